The van der Waals surface area contributed by atoms with E-state index < -0.39 is 23.6 Å². The first kappa shape index (κ1) is 17.7. The van der Waals surface area contributed by atoms with Crippen molar-refractivity contribution in [2.45, 2.75) is 25.6 Å². The molecule has 26 heavy (non-hydrogen) atoms. The smallest absolute Gasteiger partial charge is 0.404 e. The summed E-state index contributed by atoms with van der Waals surface area (Å²) in [6.07, 6.45) is -3.51. The first-order chi connectivity index (χ1) is 12.2. The van der Waals surface area contributed by atoms with Crippen LogP contribution in [-0.4, -0.2) is 23.0 Å². The molecule has 6 nitrogen and oxygen atoms in total. The molecular formula is C17H13F3N2O4. The molecule has 1 heterocycles. The van der Waals surface area contributed by atoms with Crippen LogP contribution < -0.4 is 15.6 Å². The number of aryl methyl sites for hydroxylation is 1. The SMILES string of the molecule is O=C1CCCc2[nH]c(=O)c(C(=O)Nc3ccccc3OC(F)(F)F)cc21. The molecule has 1 aromatic heterocycles. The predicted octanol–water partition coefficient (Wildman–Crippen LogP) is 3.04. The lowest BCUT2D eigenvalue weighted by atomic mass is 9.93. The minimum Gasteiger partial charge on any atom is -0.404 e. The number of benzene rings is 1. The van der Waals surface area contributed by atoms with E-state index in [1.807, 2.05) is 0 Å². The van der Waals surface area contributed by atoms with E-state index in [1.54, 1.807) is 0 Å². The summed E-state index contributed by atoms with van der Waals surface area (Å²) in [6.45, 7) is 0. The second-order valence-corrected chi connectivity index (χ2v) is 5.68. The Balaban J connectivity index is 1.91. The number of ether oxygens (including phenoxy) is 1. The number of para-hydroxylation sites is 2. The number of aromatic amines is 1. The van der Waals surface area contributed by atoms with Crippen molar-refractivity contribution in [1.82, 2.24) is 4.98 Å². The van der Waals surface area contributed by atoms with E-state index in [0.29, 0.717) is 25.0 Å². The number of halogens is 3. The zero-order chi connectivity index (χ0) is 18.9. The van der Waals surface area contributed by atoms with Gasteiger partial charge in [0.2, 0.25) is 0 Å². The van der Waals surface area contributed by atoms with E-state index in [-0.39, 0.29) is 22.6 Å². The van der Waals surface area contributed by atoms with Gasteiger partial charge >= 0.3 is 6.36 Å². The number of amides is 1. The summed E-state index contributed by atoms with van der Waals surface area (Å²) < 4.78 is 41.2. The number of Topliss-reactive ketones (excluding diaryl/α,β-unsaturated/α-hetero) is 1. The summed E-state index contributed by atoms with van der Waals surface area (Å²) in [7, 11) is 0. The molecule has 136 valence electrons. The van der Waals surface area contributed by atoms with E-state index >= 15 is 0 Å². The third kappa shape index (κ3) is 3.76. The van der Waals surface area contributed by atoms with Crippen LogP contribution >= 0.6 is 0 Å². The standard InChI is InChI=1S/C17H13F3N2O4/c18-17(19,20)26-14-7-2-1-4-12(14)22-16(25)10-8-9-11(21-15(10)24)5-3-6-13(9)23/h1-2,4,7-8H,3,5-6H2,(H,21,24)(H,22,25). The zero-order valence-electron chi connectivity index (χ0n) is 13.3. The molecular weight excluding hydrogens is 353 g/mol. The Labute approximate surface area is 145 Å². The number of rotatable bonds is 3. The van der Waals surface area contributed by atoms with E-state index in [0.717, 1.165) is 6.07 Å². The number of H-pyrrole nitrogens is 1. The van der Waals surface area contributed by atoms with Crippen LogP contribution in [0.4, 0.5) is 18.9 Å². The molecule has 0 radical (unpaired) electrons. The van der Waals surface area contributed by atoms with Crippen LogP contribution in [0.1, 0.15) is 39.3 Å². The molecule has 1 aliphatic rings. The molecule has 0 fully saturated rings. The highest BCUT2D eigenvalue weighted by atomic mass is 19.4. The molecule has 1 amide bonds. The Morgan fingerprint density at radius 2 is 1.88 bits per heavy atom. The third-order valence-electron chi connectivity index (χ3n) is 3.86. The molecule has 0 saturated heterocycles. The number of fused-ring (bicyclic) bond motifs is 1. The van der Waals surface area contributed by atoms with Gasteiger partial charge in [-0.1, -0.05) is 12.1 Å². The number of hydrogen-bond donors (Lipinski definition) is 2. The molecule has 3 rings (SSSR count). The second-order valence-electron chi connectivity index (χ2n) is 5.68. The number of pyridine rings is 1. The summed E-state index contributed by atoms with van der Waals surface area (Å²) in [5.74, 6) is -1.75. The lowest BCUT2D eigenvalue weighted by Crippen LogP contribution is -2.28. The number of anilines is 1. The Morgan fingerprint density at radius 3 is 2.62 bits per heavy atom. The van der Waals surface area contributed by atoms with Crippen molar-refractivity contribution in [2.24, 2.45) is 0 Å². The molecule has 1 aromatic carbocycles. The second kappa shape index (κ2) is 6.66. The van der Waals surface area contributed by atoms with Crippen LogP contribution in [-0.2, 0) is 6.42 Å². The molecule has 0 bridgehead atoms. The minimum absolute atomic E-state index is 0.197. The molecule has 0 unspecified atom stereocenters. The third-order valence-corrected chi connectivity index (χ3v) is 3.86. The van der Waals surface area contributed by atoms with Crippen LogP contribution in [0, 0.1) is 0 Å². The van der Waals surface area contributed by atoms with Crippen LogP contribution in [0.25, 0.3) is 0 Å². The predicted molar refractivity (Wildman–Crippen MR) is 85.4 cm³/mol. The first-order valence-corrected chi connectivity index (χ1v) is 7.70. The summed E-state index contributed by atoms with van der Waals surface area (Å²) in [4.78, 5) is 38.9. The number of hydrogen-bond acceptors (Lipinski definition) is 4. The van der Waals surface area contributed by atoms with Gasteiger partial charge in [-0.15, -0.1) is 13.2 Å². The highest BCUT2D eigenvalue weighted by Crippen LogP contribution is 2.30. The number of ketones is 1. The van der Waals surface area contributed by atoms with Crippen LogP contribution in [0.3, 0.4) is 0 Å². The molecule has 0 spiro atoms. The van der Waals surface area contributed by atoms with Crippen molar-refractivity contribution >= 4 is 17.4 Å². The maximum Gasteiger partial charge on any atom is 0.573 e. The van der Waals surface area contributed by atoms with Gasteiger partial charge < -0.3 is 15.0 Å². The van der Waals surface area contributed by atoms with Gasteiger partial charge in [0.25, 0.3) is 11.5 Å². The quantitative estimate of drug-likeness (QED) is 0.874. The van der Waals surface area contributed by atoms with Crippen molar-refractivity contribution in [3.63, 3.8) is 0 Å². The Hall–Kier alpha value is -3.10. The number of alkyl halides is 3. The topological polar surface area (TPSA) is 88.3 Å². The summed E-state index contributed by atoms with van der Waals surface area (Å²) in [5, 5.41) is 2.22. The highest BCUT2D eigenvalue weighted by molar-refractivity contribution is 6.07. The molecule has 2 aromatic rings. The molecule has 0 aliphatic heterocycles. The lowest BCUT2D eigenvalue weighted by molar-refractivity contribution is -0.274. The van der Waals surface area contributed by atoms with Gasteiger partial charge in [-0.25, -0.2) is 0 Å². The largest absolute Gasteiger partial charge is 0.573 e. The summed E-state index contributed by atoms with van der Waals surface area (Å²) in [6, 6.07) is 6.12. The van der Waals surface area contributed by atoms with Gasteiger partial charge in [0.05, 0.1) is 5.69 Å². The van der Waals surface area contributed by atoms with E-state index in [1.165, 1.54) is 24.3 Å². The van der Waals surface area contributed by atoms with E-state index in [9.17, 15) is 27.6 Å². The van der Waals surface area contributed by atoms with Crippen molar-refractivity contribution in [2.75, 3.05) is 5.32 Å². The fourth-order valence-electron chi connectivity index (χ4n) is 2.72. The molecule has 1 aliphatic carbocycles. The summed E-state index contributed by atoms with van der Waals surface area (Å²) >= 11 is 0. The Kier molecular flexibility index (Phi) is 4.54. The van der Waals surface area contributed by atoms with Gasteiger partial charge in [-0.05, 0) is 31.0 Å². The number of aromatic nitrogens is 1. The van der Waals surface area contributed by atoms with Crippen molar-refractivity contribution in [3.05, 3.63) is 57.5 Å². The van der Waals surface area contributed by atoms with Crippen LogP contribution in [0.2, 0.25) is 0 Å². The highest BCUT2D eigenvalue weighted by Gasteiger charge is 2.32. The lowest BCUT2D eigenvalue weighted by Gasteiger charge is -2.16. The van der Waals surface area contributed by atoms with Gasteiger partial charge in [0.1, 0.15) is 5.56 Å². The van der Waals surface area contributed by atoms with E-state index in [4.69, 9.17) is 0 Å². The molecule has 0 atom stereocenters. The van der Waals surface area contributed by atoms with Gasteiger partial charge in [-0.2, -0.15) is 0 Å². The maximum atomic E-state index is 12.5. The number of carbonyl (C=O) groups excluding carboxylic acids is 2. The van der Waals surface area contributed by atoms with Crippen molar-refractivity contribution < 1.29 is 27.5 Å². The maximum absolute atomic E-state index is 12.5. The molecule has 2 N–H and O–H groups in total. The van der Waals surface area contributed by atoms with Gasteiger partial charge in [0, 0.05) is 17.7 Å². The van der Waals surface area contributed by atoms with Crippen molar-refractivity contribution in [1.29, 1.82) is 0 Å². The minimum atomic E-state index is -4.93. The average Bonchev–Trinajstić information content (AvgIpc) is 2.55. The van der Waals surface area contributed by atoms with Crippen molar-refractivity contribution in [3.8, 4) is 5.75 Å². The fraction of sp³-hybridized carbons (Fsp3) is 0.235. The van der Waals surface area contributed by atoms with Gasteiger partial charge in [0.15, 0.2) is 11.5 Å². The Morgan fingerprint density at radius 1 is 1.15 bits per heavy atom. The molecule has 0 saturated carbocycles. The zero-order valence-corrected chi connectivity index (χ0v) is 13.3. The molecule has 9 heteroatoms. The average molecular weight is 366 g/mol. The van der Waals surface area contributed by atoms with E-state index in [2.05, 4.69) is 15.0 Å². The first-order valence-electron chi connectivity index (χ1n) is 7.70. The monoisotopic (exact) mass is 366 g/mol. The Bertz CT molecular complexity index is 934. The van der Waals surface area contributed by atoms with Crippen LogP contribution in [0.15, 0.2) is 35.1 Å². The fourth-order valence-corrected chi connectivity index (χ4v) is 2.72. The number of carbonyl (C=O) groups is 2. The number of nitrogens with one attached hydrogen (secondary N) is 2. The normalized spacial score (nSPS) is 13.9. The summed E-state index contributed by atoms with van der Waals surface area (Å²) in [5.41, 5.74) is -0.617. The van der Waals surface area contributed by atoms with Gasteiger partial charge in [-0.3, -0.25) is 14.4 Å². The van der Waals surface area contributed by atoms with Crippen LogP contribution in [0.5, 0.6) is 5.75 Å².